The van der Waals surface area contributed by atoms with Crippen molar-refractivity contribution >= 4 is 52.3 Å². The molecule has 0 aliphatic carbocycles. The van der Waals surface area contributed by atoms with Crippen molar-refractivity contribution in [3.05, 3.63) is 88.4 Å². The van der Waals surface area contributed by atoms with E-state index in [1.54, 1.807) is 18.3 Å². The van der Waals surface area contributed by atoms with Crippen LogP contribution in [0.2, 0.25) is 10.0 Å². The SMILES string of the molecule is Clc1ccc(/C=C\C=Nc2ccc3oc(-c4ccccc4)nc3c2)c(Cl)c1. The van der Waals surface area contributed by atoms with E-state index in [9.17, 15) is 0 Å². The molecule has 0 unspecified atom stereocenters. The minimum Gasteiger partial charge on any atom is -0.436 e. The zero-order valence-corrected chi connectivity index (χ0v) is 15.7. The first-order chi connectivity index (χ1) is 13.2. The molecule has 0 fully saturated rings. The van der Waals surface area contributed by atoms with Crippen LogP contribution in [0.3, 0.4) is 0 Å². The van der Waals surface area contributed by atoms with Crippen molar-refractivity contribution in [1.82, 2.24) is 4.98 Å². The molecule has 0 spiro atoms. The van der Waals surface area contributed by atoms with Gasteiger partial charge in [0.25, 0.3) is 0 Å². The summed E-state index contributed by atoms with van der Waals surface area (Å²) in [4.78, 5) is 8.99. The predicted molar refractivity (Wildman–Crippen MR) is 113 cm³/mol. The van der Waals surface area contributed by atoms with Crippen LogP contribution in [0.4, 0.5) is 5.69 Å². The van der Waals surface area contributed by atoms with Gasteiger partial charge in [-0.1, -0.05) is 53.5 Å². The minimum atomic E-state index is 0.601. The zero-order chi connectivity index (χ0) is 18.6. The Bertz CT molecular complexity index is 1150. The van der Waals surface area contributed by atoms with E-state index in [1.807, 2.05) is 66.7 Å². The number of oxazole rings is 1. The van der Waals surface area contributed by atoms with Gasteiger partial charge in [0, 0.05) is 21.8 Å². The van der Waals surface area contributed by atoms with E-state index in [4.69, 9.17) is 27.6 Å². The van der Waals surface area contributed by atoms with Gasteiger partial charge in [0.1, 0.15) is 5.52 Å². The smallest absolute Gasteiger partial charge is 0.227 e. The van der Waals surface area contributed by atoms with Crippen LogP contribution in [0, 0.1) is 0 Å². The summed E-state index contributed by atoms with van der Waals surface area (Å²) in [6.07, 6.45) is 5.42. The second kappa shape index (κ2) is 7.78. The minimum absolute atomic E-state index is 0.601. The lowest BCUT2D eigenvalue weighted by molar-refractivity contribution is 0.620. The second-order valence-electron chi connectivity index (χ2n) is 5.84. The van der Waals surface area contributed by atoms with Crippen molar-refractivity contribution in [2.75, 3.05) is 0 Å². The summed E-state index contributed by atoms with van der Waals surface area (Å²) in [6, 6.07) is 20.8. The molecule has 3 aromatic carbocycles. The fourth-order valence-electron chi connectivity index (χ4n) is 2.61. The van der Waals surface area contributed by atoms with Gasteiger partial charge >= 0.3 is 0 Å². The molecule has 5 heteroatoms. The van der Waals surface area contributed by atoms with Gasteiger partial charge in [0.15, 0.2) is 5.58 Å². The molecule has 0 atom stereocenters. The highest BCUT2D eigenvalue weighted by Crippen LogP contribution is 2.27. The van der Waals surface area contributed by atoms with Gasteiger partial charge in [-0.2, -0.15) is 0 Å². The Hall–Kier alpha value is -2.88. The first-order valence-electron chi connectivity index (χ1n) is 8.31. The van der Waals surface area contributed by atoms with E-state index < -0.39 is 0 Å². The van der Waals surface area contributed by atoms with Crippen LogP contribution in [0.15, 0.2) is 82.2 Å². The highest BCUT2D eigenvalue weighted by molar-refractivity contribution is 6.35. The van der Waals surface area contributed by atoms with Gasteiger partial charge in [0.05, 0.1) is 5.69 Å². The summed E-state index contributed by atoms with van der Waals surface area (Å²) in [6.45, 7) is 0. The quantitative estimate of drug-likeness (QED) is 0.343. The lowest BCUT2D eigenvalue weighted by Crippen LogP contribution is -1.76. The Kier molecular flexibility index (Phi) is 5.05. The molecular formula is C22H14Cl2N2O. The number of rotatable bonds is 4. The molecule has 0 aliphatic heterocycles. The van der Waals surface area contributed by atoms with Crippen molar-refractivity contribution in [2.45, 2.75) is 0 Å². The molecule has 0 saturated carbocycles. The van der Waals surface area contributed by atoms with Gasteiger partial charge in [-0.3, -0.25) is 4.99 Å². The topological polar surface area (TPSA) is 38.4 Å². The van der Waals surface area contributed by atoms with E-state index in [-0.39, 0.29) is 0 Å². The summed E-state index contributed by atoms with van der Waals surface area (Å²) in [5.41, 5.74) is 4.13. The van der Waals surface area contributed by atoms with Crippen LogP contribution in [0.25, 0.3) is 28.6 Å². The van der Waals surface area contributed by atoms with Crippen LogP contribution >= 0.6 is 23.2 Å². The largest absolute Gasteiger partial charge is 0.436 e. The van der Waals surface area contributed by atoms with Gasteiger partial charge in [0.2, 0.25) is 5.89 Å². The molecule has 0 bridgehead atoms. The predicted octanol–water partition coefficient (Wildman–Crippen LogP) is 7.22. The van der Waals surface area contributed by atoms with Crippen molar-refractivity contribution in [1.29, 1.82) is 0 Å². The summed E-state index contributed by atoms with van der Waals surface area (Å²) in [7, 11) is 0. The Morgan fingerprint density at radius 2 is 1.78 bits per heavy atom. The van der Waals surface area contributed by atoms with Crippen molar-refractivity contribution in [2.24, 2.45) is 4.99 Å². The number of nitrogens with zero attached hydrogens (tertiary/aromatic N) is 2. The number of allylic oxidation sites excluding steroid dienone is 1. The maximum absolute atomic E-state index is 6.14. The number of hydrogen-bond donors (Lipinski definition) is 0. The van der Waals surface area contributed by atoms with E-state index in [0.717, 1.165) is 27.9 Å². The van der Waals surface area contributed by atoms with E-state index in [1.165, 1.54) is 0 Å². The Labute approximate surface area is 166 Å². The van der Waals surface area contributed by atoms with E-state index in [2.05, 4.69) is 9.98 Å². The molecule has 0 radical (unpaired) electrons. The Balaban J connectivity index is 1.53. The molecule has 0 N–H and O–H groups in total. The molecule has 0 aliphatic rings. The number of halogens is 2. The van der Waals surface area contributed by atoms with Crippen LogP contribution in [-0.2, 0) is 0 Å². The molecule has 1 aromatic heterocycles. The molecule has 3 nitrogen and oxygen atoms in total. The lowest BCUT2D eigenvalue weighted by Gasteiger charge is -1.97. The maximum Gasteiger partial charge on any atom is 0.227 e. The monoisotopic (exact) mass is 392 g/mol. The number of benzene rings is 3. The molecule has 0 saturated heterocycles. The van der Waals surface area contributed by atoms with Crippen LogP contribution in [0.5, 0.6) is 0 Å². The molecule has 27 heavy (non-hydrogen) atoms. The Morgan fingerprint density at radius 1 is 0.926 bits per heavy atom. The van der Waals surface area contributed by atoms with Crippen LogP contribution in [0.1, 0.15) is 5.56 Å². The number of fused-ring (bicyclic) bond motifs is 1. The second-order valence-corrected chi connectivity index (χ2v) is 6.68. The molecule has 4 aromatic rings. The van der Waals surface area contributed by atoms with Gasteiger partial charge < -0.3 is 4.42 Å². The van der Waals surface area contributed by atoms with E-state index in [0.29, 0.717) is 15.9 Å². The number of aliphatic imine (C=N–C) groups is 1. The zero-order valence-electron chi connectivity index (χ0n) is 14.1. The molecule has 132 valence electrons. The maximum atomic E-state index is 6.14. The summed E-state index contributed by atoms with van der Waals surface area (Å²) in [5.74, 6) is 0.601. The standard InChI is InChI=1S/C22H14Cl2N2O/c23-17-9-8-15(19(24)13-17)7-4-12-25-18-10-11-21-20(14-18)26-22(27-21)16-5-2-1-3-6-16/h1-14H/b7-4-,25-12?. The van der Waals surface area contributed by atoms with Crippen LogP contribution in [-0.4, -0.2) is 11.2 Å². The first kappa shape index (κ1) is 17.5. The molecule has 4 rings (SSSR count). The fourth-order valence-corrected chi connectivity index (χ4v) is 3.08. The number of aromatic nitrogens is 1. The average Bonchev–Trinajstić information content (AvgIpc) is 3.11. The molecule has 0 amide bonds. The lowest BCUT2D eigenvalue weighted by atomic mass is 10.2. The normalized spacial score (nSPS) is 11.8. The summed E-state index contributed by atoms with van der Waals surface area (Å²) >= 11 is 12.0. The van der Waals surface area contributed by atoms with Crippen molar-refractivity contribution in [3.8, 4) is 11.5 Å². The third-order valence-corrected chi connectivity index (χ3v) is 4.50. The first-order valence-corrected chi connectivity index (χ1v) is 9.06. The van der Waals surface area contributed by atoms with Gasteiger partial charge in [-0.25, -0.2) is 4.98 Å². The highest BCUT2D eigenvalue weighted by Gasteiger charge is 2.07. The van der Waals surface area contributed by atoms with Crippen LogP contribution < -0.4 is 0 Å². The third kappa shape index (κ3) is 4.11. The van der Waals surface area contributed by atoms with E-state index >= 15 is 0 Å². The fraction of sp³-hybridized carbons (Fsp3) is 0. The van der Waals surface area contributed by atoms with Crippen molar-refractivity contribution in [3.63, 3.8) is 0 Å². The van der Waals surface area contributed by atoms with Gasteiger partial charge in [-0.15, -0.1) is 0 Å². The van der Waals surface area contributed by atoms with Crippen molar-refractivity contribution < 1.29 is 4.42 Å². The average molecular weight is 393 g/mol. The van der Waals surface area contributed by atoms with Gasteiger partial charge in [-0.05, 0) is 54.1 Å². The molecular weight excluding hydrogens is 379 g/mol. The summed E-state index contributed by atoms with van der Waals surface area (Å²) in [5, 5.41) is 1.21. The Morgan fingerprint density at radius 3 is 2.59 bits per heavy atom. The highest BCUT2D eigenvalue weighted by atomic mass is 35.5. The number of hydrogen-bond acceptors (Lipinski definition) is 3. The third-order valence-electron chi connectivity index (χ3n) is 3.94. The summed E-state index contributed by atoms with van der Waals surface area (Å²) < 4.78 is 5.81. The molecule has 1 heterocycles.